The van der Waals surface area contributed by atoms with Gasteiger partial charge in [0.1, 0.15) is 5.75 Å². The number of aryl methyl sites for hydroxylation is 1. The van der Waals surface area contributed by atoms with Gasteiger partial charge in [0.2, 0.25) is 0 Å². The normalized spacial score (nSPS) is 11.4. The summed E-state index contributed by atoms with van der Waals surface area (Å²) in [6.45, 7) is 4.10. The zero-order chi connectivity index (χ0) is 10.6. The van der Waals surface area contributed by atoms with Crippen molar-refractivity contribution < 1.29 is 4.74 Å². The number of hydrogen-bond acceptors (Lipinski definition) is 2. The molecule has 0 aliphatic carbocycles. The fraction of sp³-hybridized carbons (Fsp3) is 0.500. The molecule has 78 valence electrons. The summed E-state index contributed by atoms with van der Waals surface area (Å²) in [5.74, 6) is 0.903. The van der Waals surface area contributed by atoms with Crippen molar-refractivity contribution in [1.29, 1.82) is 0 Å². The third kappa shape index (κ3) is 3.79. The minimum absolute atomic E-state index is 0.0834. The van der Waals surface area contributed by atoms with Gasteiger partial charge in [-0.05, 0) is 44.4 Å². The van der Waals surface area contributed by atoms with Crippen molar-refractivity contribution in [2.75, 3.05) is 7.11 Å². The molecule has 0 heterocycles. The molecule has 0 aromatic heterocycles. The molecule has 0 unspecified atom stereocenters. The average molecular weight is 193 g/mol. The van der Waals surface area contributed by atoms with Gasteiger partial charge in [-0.3, -0.25) is 0 Å². The summed E-state index contributed by atoms with van der Waals surface area (Å²) < 4.78 is 5.09. The molecule has 2 heteroatoms. The first kappa shape index (κ1) is 11.1. The van der Waals surface area contributed by atoms with Crippen LogP contribution in [-0.4, -0.2) is 12.6 Å². The predicted octanol–water partition coefficient (Wildman–Crippen LogP) is 2.37. The molecule has 0 aliphatic heterocycles. The molecule has 0 amide bonds. The monoisotopic (exact) mass is 193 g/mol. The molecule has 2 N–H and O–H groups in total. The van der Waals surface area contributed by atoms with Crippen LogP contribution in [0, 0.1) is 0 Å². The van der Waals surface area contributed by atoms with E-state index in [0.29, 0.717) is 0 Å². The summed E-state index contributed by atoms with van der Waals surface area (Å²) in [4.78, 5) is 0. The number of rotatable bonds is 4. The molecule has 1 rings (SSSR count). The third-order valence-corrected chi connectivity index (χ3v) is 2.22. The minimum atomic E-state index is -0.0834. The van der Waals surface area contributed by atoms with E-state index in [1.54, 1.807) is 7.11 Å². The standard InChI is InChI=1S/C12H19NO/c1-12(2,13)9-8-10-4-6-11(14-3)7-5-10/h4-7H,8-9,13H2,1-3H3. The highest BCUT2D eigenvalue weighted by molar-refractivity contribution is 5.27. The Hall–Kier alpha value is -1.02. The van der Waals surface area contributed by atoms with E-state index in [1.165, 1.54) is 5.56 Å². The molecule has 0 saturated carbocycles. The van der Waals surface area contributed by atoms with Crippen molar-refractivity contribution >= 4 is 0 Å². The smallest absolute Gasteiger partial charge is 0.118 e. The van der Waals surface area contributed by atoms with Crippen molar-refractivity contribution in [2.24, 2.45) is 5.73 Å². The summed E-state index contributed by atoms with van der Waals surface area (Å²) in [7, 11) is 1.68. The van der Waals surface area contributed by atoms with Crippen molar-refractivity contribution in [2.45, 2.75) is 32.2 Å². The molecular weight excluding hydrogens is 174 g/mol. The van der Waals surface area contributed by atoms with Crippen molar-refractivity contribution in [1.82, 2.24) is 0 Å². The highest BCUT2D eigenvalue weighted by Gasteiger charge is 2.09. The van der Waals surface area contributed by atoms with Crippen LogP contribution in [0.25, 0.3) is 0 Å². The van der Waals surface area contributed by atoms with Crippen LogP contribution in [0.3, 0.4) is 0 Å². The highest BCUT2D eigenvalue weighted by Crippen LogP contribution is 2.15. The number of ether oxygens (including phenoxy) is 1. The average Bonchev–Trinajstić information content (AvgIpc) is 2.14. The fourth-order valence-electron chi connectivity index (χ4n) is 1.26. The van der Waals surface area contributed by atoms with Gasteiger partial charge in [-0.25, -0.2) is 0 Å². The second-order valence-electron chi connectivity index (χ2n) is 4.34. The topological polar surface area (TPSA) is 35.2 Å². The fourth-order valence-corrected chi connectivity index (χ4v) is 1.26. The first-order valence-electron chi connectivity index (χ1n) is 4.93. The quantitative estimate of drug-likeness (QED) is 0.796. The van der Waals surface area contributed by atoms with E-state index in [2.05, 4.69) is 26.0 Å². The Morgan fingerprint density at radius 1 is 1.21 bits per heavy atom. The molecular formula is C12H19NO. The first-order valence-corrected chi connectivity index (χ1v) is 4.93. The van der Waals surface area contributed by atoms with Crippen molar-refractivity contribution in [3.05, 3.63) is 29.8 Å². The van der Waals surface area contributed by atoms with Gasteiger partial charge in [-0.15, -0.1) is 0 Å². The maximum Gasteiger partial charge on any atom is 0.118 e. The van der Waals surface area contributed by atoms with Crippen molar-refractivity contribution in [3.63, 3.8) is 0 Å². The summed E-state index contributed by atoms with van der Waals surface area (Å²) in [6, 6.07) is 8.15. The van der Waals surface area contributed by atoms with E-state index < -0.39 is 0 Å². The Morgan fingerprint density at radius 3 is 2.21 bits per heavy atom. The van der Waals surface area contributed by atoms with E-state index in [1.807, 2.05) is 12.1 Å². The number of methoxy groups -OCH3 is 1. The van der Waals surface area contributed by atoms with Crippen LogP contribution in [0.4, 0.5) is 0 Å². The molecule has 0 aliphatic rings. The largest absolute Gasteiger partial charge is 0.497 e. The third-order valence-electron chi connectivity index (χ3n) is 2.22. The molecule has 0 spiro atoms. The van der Waals surface area contributed by atoms with Gasteiger partial charge in [-0.2, -0.15) is 0 Å². The van der Waals surface area contributed by atoms with E-state index in [-0.39, 0.29) is 5.54 Å². The molecule has 2 nitrogen and oxygen atoms in total. The highest BCUT2D eigenvalue weighted by atomic mass is 16.5. The van der Waals surface area contributed by atoms with Gasteiger partial charge in [0.05, 0.1) is 7.11 Å². The van der Waals surface area contributed by atoms with Gasteiger partial charge in [0.25, 0.3) is 0 Å². The minimum Gasteiger partial charge on any atom is -0.497 e. The van der Waals surface area contributed by atoms with Crippen LogP contribution in [0.5, 0.6) is 5.75 Å². The first-order chi connectivity index (χ1) is 6.51. The van der Waals surface area contributed by atoms with E-state index in [9.17, 15) is 0 Å². The van der Waals surface area contributed by atoms with Crippen LogP contribution in [-0.2, 0) is 6.42 Å². The van der Waals surface area contributed by atoms with Crippen LogP contribution in [0.1, 0.15) is 25.8 Å². The Labute approximate surface area is 86.1 Å². The SMILES string of the molecule is COc1ccc(CCC(C)(C)N)cc1. The van der Waals surface area contributed by atoms with E-state index in [4.69, 9.17) is 10.5 Å². The van der Waals surface area contributed by atoms with Gasteiger partial charge < -0.3 is 10.5 Å². The van der Waals surface area contributed by atoms with Crippen LogP contribution >= 0.6 is 0 Å². The second-order valence-corrected chi connectivity index (χ2v) is 4.34. The lowest BCUT2D eigenvalue weighted by molar-refractivity contribution is 0.414. The zero-order valence-electron chi connectivity index (χ0n) is 9.21. The summed E-state index contributed by atoms with van der Waals surface area (Å²) in [5.41, 5.74) is 7.14. The lowest BCUT2D eigenvalue weighted by atomic mass is 9.97. The zero-order valence-corrected chi connectivity index (χ0v) is 9.21. The number of hydrogen-bond donors (Lipinski definition) is 1. The lowest BCUT2D eigenvalue weighted by Crippen LogP contribution is -2.32. The van der Waals surface area contributed by atoms with Gasteiger partial charge in [-0.1, -0.05) is 12.1 Å². The maximum atomic E-state index is 5.91. The molecule has 0 fully saturated rings. The molecule has 1 aromatic rings. The molecule has 0 radical (unpaired) electrons. The van der Waals surface area contributed by atoms with Gasteiger partial charge >= 0.3 is 0 Å². The predicted molar refractivity (Wildman–Crippen MR) is 59.6 cm³/mol. The van der Waals surface area contributed by atoms with Crippen LogP contribution < -0.4 is 10.5 Å². The Morgan fingerprint density at radius 2 is 1.79 bits per heavy atom. The molecule has 0 atom stereocenters. The second kappa shape index (κ2) is 4.47. The molecule has 1 aromatic carbocycles. The summed E-state index contributed by atoms with van der Waals surface area (Å²) in [5, 5.41) is 0. The van der Waals surface area contributed by atoms with Crippen molar-refractivity contribution in [3.8, 4) is 5.75 Å². The Balaban J connectivity index is 2.52. The van der Waals surface area contributed by atoms with Gasteiger partial charge in [0, 0.05) is 5.54 Å². The summed E-state index contributed by atoms with van der Waals surface area (Å²) >= 11 is 0. The van der Waals surface area contributed by atoms with E-state index >= 15 is 0 Å². The number of benzene rings is 1. The summed E-state index contributed by atoms with van der Waals surface area (Å²) in [6.07, 6.45) is 2.02. The number of nitrogens with two attached hydrogens (primary N) is 1. The van der Waals surface area contributed by atoms with Crippen LogP contribution in [0.2, 0.25) is 0 Å². The van der Waals surface area contributed by atoms with Gasteiger partial charge in [0.15, 0.2) is 0 Å². The lowest BCUT2D eigenvalue weighted by Gasteiger charge is -2.17. The molecule has 0 bridgehead atoms. The molecule has 14 heavy (non-hydrogen) atoms. The Bertz CT molecular complexity index is 271. The maximum absolute atomic E-state index is 5.91. The Kier molecular flexibility index (Phi) is 3.53. The van der Waals surface area contributed by atoms with E-state index in [0.717, 1.165) is 18.6 Å². The molecule has 0 saturated heterocycles. The van der Waals surface area contributed by atoms with Crippen LogP contribution in [0.15, 0.2) is 24.3 Å².